The molecule has 0 saturated carbocycles. The molecule has 2 aromatic carbocycles. The fourth-order valence-corrected chi connectivity index (χ4v) is 2.03. The van der Waals surface area contributed by atoms with Gasteiger partial charge in [-0.05, 0) is 30.7 Å². The van der Waals surface area contributed by atoms with Crippen LogP contribution in [0.15, 0.2) is 42.5 Å². The highest BCUT2D eigenvalue weighted by atomic mass is 19.1. The third-order valence-electron chi connectivity index (χ3n) is 3.18. The summed E-state index contributed by atoms with van der Waals surface area (Å²) in [5.41, 5.74) is 5.86. The Balaban J connectivity index is 2.50. The number of rotatable bonds is 3. The van der Waals surface area contributed by atoms with Crippen LogP contribution in [0.25, 0.3) is 0 Å². The van der Waals surface area contributed by atoms with Gasteiger partial charge in [-0.25, -0.2) is 8.78 Å². The molecular formula is C15H15F2NO. The lowest BCUT2D eigenvalue weighted by molar-refractivity contribution is 0.385. The Kier molecular flexibility index (Phi) is 3.53. The second-order valence-corrected chi connectivity index (χ2v) is 4.53. The van der Waals surface area contributed by atoms with Crippen molar-refractivity contribution >= 4 is 0 Å². The maximum Gasteiger partial charge on any atom is 0.165 e. The van der Waals surface area contributed by atoms with Gasteiger partial charge in [0.05, 0.1) is 12.6 Å². The third-order valence-corrected chi connectivity index (χ3v) is 3.18. The average molecular weight is 263 g/mol. The lowest BCUT2D eigenvalue weighted by Crippen LogP contribution is -2.35. The summed E-state index contributed by atoms with van der Waals surface area (Å²) >= 11 is 0. The monoisotopic (exact) mass is 263 g/mol. The van der Waals surface area contributed by atoms with Gasteiger partial charge in [-0.2, -0.15) is 0 Å². The van der Waals surface area contributed by atoms with Gasteiger partial charge in [-0.3, -0.25) is 0 Å². The van der Waals surface area contributed by atoms with E-state index in [4.69, 9.17) is 10.5 Å². The summed E-state index contributed by atoms with van der Waals surface area (Å²) in [5.74, 6) is -0.801. The molecule has 2 aromatic rings. The quantitative estimate of drug-likeness (QED) is 0.923. The van der Waals surface area contributed by atoms with Gasteiger partial charge in [0.25, 0.3) is 0 Å². The summed E-state index contributed by atoms with van der Waals surface area (Å²) in [6.45, 7) is 1.65. The molecular weight excluding hydrogens is 248 g/mol. The normalized spacial score (nSPS) is 13.9. The van der Waals surface area contributed by atoms with Crippen LogP contribution < -0.4 is 10.5 Å². The van der Waals surface area contributed by atoms with Crippen LogP contribution in [-0.2, 0) is 5.54 Å². The Hall–Kier alpha value is -1.94. The van der Waals surface area contributed by atoms with Gasteiger partial charge < -0.3 is 10.5 Å². The molecule has 0 aliphatic heterocycles. The highest BCUT2D eigenvalue weighted by Gasteiger charge is 2.27. The summed E-state index contributed by atoms with van der Waals surface area (Å²) in [5, 5.41) is 0. The summed E-state index contributed by atoms with van der Waals surface area (Å²) in [4.78, 5) is 0. The van der Waals surface area contributed by atoms with Gasteiger partial charge >= 0.3 is 0 Å². The molecule has 0 radical (unpaired) electrons. The molecule has 19 heavy (non-hydrogen) atoms. The average Bonchev–Trinajstić information content (AvgIpc) is 2.39. The van der Waals surface area contributed by atoms with Crippen molar-refractivity contribution in [2.75, 3.05) is 7.11 Å². The van der Waals surface area contributed by atoms with Crippen LogP contribution in [-0.4, -0.2) is 7.11 Å². The van der Waals surface area contributed by atoms with E-state index in [1.807, 2.05) is 0 Å². The van der Waals surface area contributed by atoms with Gasteiger partial charge in [0, 0.05) is 5.56 Å². The summed E-state index contributed by atoms with van der Waals surface area (Å²) in [7, 11) is 1.39. The Morgan fingerprint density at radius 2 is 1.74 bits per heavy atom. The number of hydrogen-bond acceptors (Lipinski definition) is 2. The van der Waals surface area contributed by atoms with Crippen molar-refractivity contribution in [1.29, 1.82) is 0 Å². The molecule has 1 unspecified atom stereocenters. The zero-order chi connectivity index (χ0) is 14.0. The molecule has 4 heteroatoms. The van der Waals surface area contributed by atoms with Crippen LogP contribution in [0, 0.1) is 11.6 Å². The van der Waals surface area contributed by atoms with E-state index in [0.717, 1.165) is 0 Å². The topological polar surface area (TPSA) is 35.2 Å². The molecule has 0 saturated heterocycles. The van der Waals surface area contributed by atoms with Crippen molar-refractivity contribution in [2.24, 2.45) is 5.73 Å². The van der Waals surface area contributed by atoms with E-state index >= 15 is 0 Å². The lowest BCUT2D eigenvalue weighted by atomic mass is 9.85. The predicted octanol–water partition coefficient (Wildman–Crippen LogP) is 3.20. The van der Waals surface area contributed by atoms with Gasteiger partial charge in [-0.15, -0.1) is 0 Å². The Labute approximate surface area is 110 Å². The van der Waals surface area contributed by atoms with E-state index in [2.05, 4.69) is 0 Å². The molecule has 0 fully saturated rings. The zero-order valence-corrected chi connectivity index (χ0v) is 10.8. The summed E-state index contributed by atoms with van der Waals surface area (Å²) < 4.78 is 32.4. The molecule has 0 aromatic heterocycles. The van der Waals surface area contributed by atoms with E-state index in [-0.39, 0.29) is 5.75 Å². The van der Waals surface area contributed by atoms with Crippen molar-refractivity contribution in [2.45, 2.75) is 12.5 Å². The molecule has 2 rings (SSSR count). The van der Waals surface area contributed by atoms with E-state index in [9.17, 15) is 8.78 Å². The number of methoxy groups -OCH3 is 1. The molecule has 0 bridgehead atoms. The van der Waals surface area contributed by atoms with Gasteiger partial charge in [0.1, 0.15) is 5.82 Å². The van der Waals surface area contributed by atoms with Crippen LogP contribution in [0.2, 0.25) is 0 Å². The second-order valence-electron chi connectivity index (χ2n) is 4.53. The molecule has 0 spiro atoms. The molecule has 2 nitrogen and oxygen atoms in total. The lowest BCUT2D eigenvalue weighted by Gasteiger charge is -2.26. The largest absolute Gasteiger partial charge is 0.494 e. The van der Waals surface area contributed by atoms with Crippen molar-refractivity contribution in [3.63, 3.8) is 0 Å². The van der Waals surface area contributed by atoms with Crippen LogP contribution in [0.5, 0.6) is 5.75 Å². The second kappa shape index (κ2) is 4.97. The molecule has 1 atom stereocenters. The first-order chi connectivity index (χ1) is 8.96. The number of halogens is 2. The van der Waals surface area contributed by atoms with Crippen LogP contribution in [0.4, 0.5) is 8.78 Å². The molecule has 0 heterocycles. The Morgan fingerprint density at radius 3 is 2.32 bits per heavy atom. The van der Waals surface area contributed by atoms with E-state index < -0.39 is 17.2 Å². The van der Waals surface area contributed by atoms with E-state index in [1.54, 1.807) is 31.2 Å². The first-order valence-corrected chi connectivity index (χ1v) is 5.84. The maximum atomic E-state index is 13.8. The number of hydrogen-bond donors (Lipinski definition) is 1. The van der Waals surface area contributed by atoms with E-state index in [1.165, 1.54) is 25.3 Å². The smallest absolute Gasteiger partial charge is 0.165 e. The van der Waals surface area contributed by atoms with Gasteiger partial charge in [0.2, 0.25) is 0 Å². The predicted molar refractivity (Wildman–Crippen MR) is 70.0 cm³/mol. The summed E-state index contributed by atoms with van der Waals surface area (Å²) in [6, 6.07) is 10.6. The zero-order valence-electron chi connectivity index (χ0n) is 10.8. The van der Waals surface area contributed by atoms with Crippen LogP contribution in [0.1, 0.15) is 18.1 Å². The Bertz CT molecular complexity index is 596. The van der Waals surface area contributed by atoms with Gasteiger partial charge in [-0.1, -0.05) is 24.3 Å². The number of benzene rings is 2. The van der Waals surface area contributed by atoms with Crippen molar-refractivity contribution < 1.29 is 13.5 Å². The standard InChI is InChI=1S/C15H15F2NO/c1-15(18,11-5-3-4-6-12(11)16)10-7-8-14(19-2)13(17)9-10/h3-9H,18H2,1-2H3. The number of ether oxygens (including phenoxy) is 1. The van der Waals surface area contributed by atoms with Crippen molar-refractivity contribution in [1.82, 2.24) is 0 Å². The third kappa shape index (κ3) is 2.44. The minimum atomic E-state index is -1.11. The maximum absolute atomic E-state index is 13.8. The van der Waals surface area contributed by atoms with Crippen LogP contribution in [0.3, 0.4) is 0 Å². The highest BCUT2D eigenvalue weighted by molar-refractivity contribution is 5.40. The van der Waals surface area contributed by atoms with Crippen LogP contribution >= 0.6 is 0 Å². The highest BCUT2D eigenvalue weighted by Crippen LogP contribution is 2.30. The SMILES string of the molecule is COc1ccc(C(C)(N)c2ccccc2F)cc1F. The molecule has 100 valence electrons. The van der Waals surface area contributed by atoms with Crippen molar-refractivity contribution in [3.05, 3.63) is 65.2 Å². The number of nitrogens with two attached hydrogens (primary N) is 1. The first-order valence-electron chi connectivity index (χ1n) is 5.84. The molecule has 2 N–H and O–H groups in total. The Morgan fingerprint density at radius 1 is 1.05 bits per heavy atom. The minimum absolute atomic E-state index is 0.132. The molecule has 0 aliphatic rings. The fourth-order valence-electron chi connectivity index (χ4n) is 2.03. The molecule has 0 aliphatic carbocycles. The minimum Gasteiger partial charge on any atom is -0.494 e. The first kappa shape index (κ1) is 13.5. The van der Waals surface area contributed by atoms with E-state index in [0.29, 0.717) is 11.1 Å². The molecule has 0 amide bonds. The van der Waals surface area contributed by atoms with Crippen molar-refractivity contribution in [3.8, 4) is 5.75 Å². The fraction of sp³-hybridized carbons (Fsp3) is 0.200. The summed E-state index contributed by atoms with van der Waals surface area (Å²) in [6.07, 6.45) is 0. The van der Waals surface area contributed by atoms with Gasteiger partial charge in [0.15, 0.2) is 11.6 Å².